The first-order valence-electron chi connectivity index (χ1n) is 11.1. The van der Waals surface area contributed by atoms with E-state index in [0.717, 1.165) is 24.4 Å². The van der Waals surface area contributed by atoms with Crippen LogP contribution in [0.4, 0.5) is 26.3 Å². The number of alkyl halides is 5. The average molecular weight is 534 g/mol. The largest absolute Gasteiger partial charge is 0.433 e. The number of halogens is 6. The third kappa shape index (κ3) is 4.72. The molecule has 1 aliphatic heterocycles. The van der Waals surface area contributed by atoms with Gasteiger partial charge in [-0.1, -0.05) is 24.3 Å². The predicted octanol–water partition coefficient (Wildman–Crippen LogP) is 5.66. The van der Waals surface area contributed by atoms with Gasteiger partial charge in [0.25, 0.3) is 11.8 Å². The van der Waals surface area contributed by atoms with E-state index in [1.807, 2.05) is 0 Å². The molecule has 7 nitrogen and oxygen atoms in total. The van der Waals surface area contributed by atoms with Crippen molar-refractivity contribution in [2.75, 3.05) is 0 Å². The first-order chi connectivity index (χ1) is 18.0. The van der Waals surface area contributed by atoms with Gasteiger partial charge in [0.05, 0.1) is 6.04 Å². The SMILES string of the molecule is O=C1c2cc(-c3nnc(C(F)F)o3)ccc2CN1C(c1ccc(F)cc1)C(O)c1ccc(C(F)(F)F)nc1. The maximum atomic E-state index is 13.6. The van der Waals surface area contributed by atoms with Gasteiger partial charge in [-0.15, -0.1) is 10.2 Å². The van der Waals surface area contributed by atoms with Crippen LogP contribution < -0.4 is 0 Å². The minimum absolute atomic E-state index is 0.00200. The monoisotopic (exact) mass is 534 g/mol. The fraction of sp³-hybridized carbons (Fsp3) is 0.200. The lowest BCUT2D eigenvalue weighted by molar-refractivity contribution is -0.141. The Morgan fingerprint density at radius 1 is 0.974 bits per heavy atom. The number of rotatable bonds is 6. The van der Waals surface area contributed by atoms with Crippen LogP contribution in [0.15, 0.2) is 65.2 Å². The minimum atomic E-state index is -4.68. The Bertz CT molecular complexity index is 1470. The van der Waals surface area contributed by atoms with Crippen molar-refractivity contribution >= 4 is 5.91 Å². The summed E-state index contributed by atoms with van der Waals surface area (Å²) in [5.41, 5.74) is 0.0753. The summed E-state index contributed by atoms with van der Waals surface area (Å²) in [5, 5.41) is 18.1. The highest BCUT2D eigenvalue weighted by Crippen LogP contribution is 2.40. The molecule has 0 spiro atoms. The van der Waals surface area contributed by atoms with Gasteiger partial charge in [-0.05, 0) is 41.5 Å². The second kappa shape index (κ2) is 9.56. The van der Waals surface area contributed by atoms with Crippen molar-refractivity contribution in [3.05, 3.63) is 100 Å². The van der Waals surface area contributed by atoms with Crippen molar-refractivity contribution in [2.24, 2.45) is 0 Å². The standard InChI is InChI=1S/C25H16F6N4O3/c26-16-6-3-12(4-7-16)19(20(36)14-5-8-18(32-10-14)25(29,30)31)35-11-15-2-1-13(9-17(15)24(35)37)22-33-34-23(38-22)21(27)28/h1-10,19-21,36H,11H2. The van der Waals surface area contributed by atoms with Gasteiger partial charge in [-0.25, -0.2) is 4.39 Å². The van der Waals surface area contributed by atoms with E-state index in [4.69, 9.17) is 4.42 Å². The van der Waals surface area contributed by atoms with Gasteiger partial charge in [-0.3, -0.25) is 9.78 Å². The topological polar surface area (TPSA) is 92.4 Å². The molecule has 38 heavy (non-hydrogen) atoms. The van der Waals surface area contributed by atoms with Gasteiger partial charge < -0.3 is 14.4 Å². The molecule has 2 atom stereocenters. The van der Waals surface area contributed by atoms with E-state index >= 15 is 0 Å². The van der Waals surface area contributed by atoms with Crippen molar-refractivity contribution in [3.63, 3.8) is 0 Å². The fourth-order valence-corrected chi connectivity index (χ4v) is 4.24. The molecule has 1 N–H and O–H groups in total. The maximum absolute atomic E-state index is 13.6. The Morgan fingerprint density at radius 3 is 2.29 bits per heavy atom. The van der Waals surface area contributed by atoms with E-state index in [-0.39, 0.29) is 29.1 Å². The van der Waals surface area contributed by atoms with Crippen LogP contribution in [0.1, 0.15) is 57.2 Å². The highest BCUT2D eigenvalue weighted by molar-refractivity contribution is 5.99. The van der Waals surface area contributed by atoms with E-state index in [1.165, 1.54) is 29.2 Å². The number of pyridine rings is 1. The van der Waals surface area contributed by atoms with Gasteiger partial charge in [0.1, 0.15) is 17.6 Å². The Balaban J connectivity index is 1.50. The molecule has 3 heterocycles. The minimum Gasteiger partial charge on any atom is -0.415 e. The predicted molar refractivity (Wildman–Crippen MR) is 118 cm³/mol. The highest BCUT2D eigenvalue weighted by Gasteiger charge is 2.39. The van der Waals surface area contributed by atoms with Crippen molar-refractivity contribution < 1.29 is 40.7 Å². The zero-order valence-corrected chi connectivity index (χ0v) is 19.0. The number of amides is 1. The quantitative estimate of drug-likeness (QED) is 0.321. The third-order valence-corrected chi connectivity index (χ3v) is 6.08. The summed E-state index contributed by atoms with van der Waals surface area (Å²) in [7, 11) is 0. The van der Waals surface area contributed by atoms with Crippen LogP contribution in [0.5, 0.6) is 0 Å². The second-order valence-electron chi connectivity index (χ2n) is 8.47. The van der Waals surface area contributed by atoms with Crippen LogP contribution >= 0.6 is 0 Å². The highest BCUT2D eigenvalue weighted by atomic mass is 19.4. The Morgan fingerprint density at radius 2 is 1.68 bits per heavy atom. The molecule has 196 valence electrons. The molecule has 2 aromatic heterocycles. The molecule has 4 aromatic rings. The van der Waals surface area contributed by atoms with E-state index in [2.05, 4.69) is 15.2 Å². The van der Waals surface area contributed by atoms with Gasteiger partial charge in [0.15, 0.2) is 0 Å². The number of aliphatic hydroxyl groups excluding tert-OH is 1. The summed E-state index contributed by atoms with van der Waals surface area (Å²) >= 11 is 0. The number of aromatic nitrogens is 3. The number of hydrogen-bond acceptors (Lipinski definition) is 6. The first-order valence-corrected chi connectivity index (χ1v) is 11.1. The molecule has 2 unspecified atom stereocenters. The maximum Gasteiger partial charge on any atom is 0.433 e. The number of nitrogens with zero attached hydrogens (tertiary/aromatic N) is 4. The smallest absolute Gasteiger partial charge is 0.415 e. The van der Waals surface area contributed by atoms with Crippen LogP contribution in [0.2, 0.25) is 0 Å². The normalized spacial score (nSPS) is 15.2. The summed E-state index contributed by atoms with van der Waals surface area (Å²) in [6.45, 7) is -0.00622. The Hall–Kier alpha value is -4.26. The molecular formula is C25H16F6N4O3. The van der Waals surface area contributed by atoms with Crippen molar-refractivity contribution in [3.8, 4) is 11.5 Å². The Labute approximate surface area is 210 Å². The lowest BCUT2D eigenvalue weighted by Gasteiger charge is -2.32. The van der Waals surface area contributed by atoms with Crippen LogP contribution in [0, 0.1) is 5.82 Å². The number of fused-ring (bicyclic) bond motifs is 1. The lowest BCUT2D eigenvalue weighted by atomic mass is 9.95. The zero-order valence-electron chi connectivity index (χ0n) is 19.0. The molecule has 13 heteroatoms. The molecule has 0 bridgehead atoms. The molecule has 2 aromatic carbocycles. The zero-order chi connectivity index (χ0) is 27.2. The third-order valence-electron chi connectivity index (χ3n) is 6.08. The molecule has 0 saturated carbocycles. The molecule has 0 aliphatic carbocycles. The Kier molecular flexibility index (Phi) is 6.39. The fourth-order valence-electron chi connectivity index (χ4n) is 4.24. The molecule has 1 aliphatic rings. The van der Waals surface area contributed by atoms with Crippen molar-refractivity contribution in [1.82, 2.24) is 20.1 Å². The first kappa shape index (κ1) is 25.4. The number of carbonyl (C=O) groups excluding carboxylic acids is 1. The van der Waals surface area contributed by atoms with E-state index in [0.29, 0.717) is 17.2 Å². The molecule has 0 fully saturated rings. The van der Waals surface area contributed by atoms with E-state index < -0.39 is 48.1 Å². The van der Waals surface area contributed by atoms with Crippen LogP contribution in [-0.4, -0.2) is 31.1 Å². The van der Waals surface area contributed by atoms with Crippen molar-refractivity contribution in [1.29, 1.82) is 0 Å². The number of hydrogen-bond donors (Lipinski definition) is 1. The number of aliphatic hydroxyl groups is 1. The number of carbonyl (C=O) groups is 1. The van der Waals surface area contributed by atoms with Gasteiger partial charge in [0, 0.05) is 29.4 Å². The van der Waals surface area contributed by atoms with Crippen LogP contribution in [0.3, 0.4) is 0 Å². The molecule has 0 radical (unpaired) electrons. The summed E-state index contributed by atoms with van der Waals surface area (Å²) in [6, 6.07) is 10.0. The average Bonchev–Trinajstić information content (AvgIpc) is 3.50. The number of benzene rings is 2. The van der Waals surface area contributed by atoms with Crippen LogP contribution in [0.25, 0.3) is 11.5 Å². The summed E-state index contributed by atoms with van der Waals surface area (Å²) in [4.78, 5) is 18.1. The summed E-state index contributed by atoms with van der Waals surface area (Å²) in [6.07, 6.45) is -8.32. The van der Waals surface area contributed by atoms with E-state index in [9.17, 15) is 36.2 Å². The molecular weight excluding hydrogens is 518 g/mol. The van der Waals surface area contributed by atoms with Crippen LogP contribution in [-0.2, 0) is 12.7 Å². The van der Waals surface area contributed by atoms with Gasteiger partial charge >= 0.3 is 12.6 Å². The molecule has 1 amide bonds. The van der Waals surface area contributed by atoms with Crippen molar-refractivity contribution in [2.45, 2.75) is 31.3 Å². The second-order valence-corrected chi connectivity index (χ2v) is 8.47. The summed E-state index contributed by atoms with van der Waals surface area (Å²) < 4.78 is 83.1. The van der Waals surface area contributed by atoms with Gasteiger partial charge in [0.2, 0.25) is 5.89 Å². The van der Waals surface area contributed by atoms with E-state index in [1.54, 1.807) is 6.07 Å². The molecule has 0 saturated heterocycles. The van der Waals surface area contributed by atoms with Gasteiger partial charge in [-0.2, -0.15) is 22.0 Å². The summed E-state index contributed by atoms with van der Waals surface area (Å²) in [5.74, 6) is -2.23. The molecule has 5 rings (SSSR count). The lowest BCUT2D eigenvalue weighted by Crippen LogP contribution is -2.33.